The Bertz CT molecular complexity index is 1180. The lowest BCUT2D eigenvalue weighted by atomic mass is 10.3. The highest BCUT2D eigenvalue weighted by molar-refractivity contribution is 7.18. The van der Waals surface area contributed by atoms with Crippen LogP contribution in [0.25, 0.3) is 22.1 Å². The molecule has 9 heteroatoms. The minimum Gasteiger partial charge on any atom is -0.258 e. The Morgan fingerprint density at radius 1 is 0.963 bits per heavy atom. The molecule has 27 heavy (non-hydrogen) atoms. The van der Waals surface area contributed by atoms with Gasteiger partial charge in [-0.05, 0) is 42.5 Å². The van der Waals surface area contributed by atoms with E-state index in [2.05, 4.69) is 5.10 Å². The van der Waals surface area contributed by atoms with Gasteiger partial charge in [0.25, 0.3) is 0 Å². The summed E-state index contributed by atoms with van der Waals surface area (Å²) in [6, 6.07) is 18.7. The standard InChI is InChI=1S/C18H11ClN4O3S/c19-12-6-8-13(9-7-12)21-17(15-10-11-16(27-15)23(25)26)20-22(18(21)24)14-4-2-1-3-5-14/h1-11H. The number of hydrogen-bond donors (Lipinski definition) is 0. The van der Waals surface area contributed by atoms with Crippen LogP contribution < -0.4 is 5.69 Å². The van der Waals surface area contributed by atoms with Crippen molar-refractivity contribution in [2.24, 2.45) is 0 Å². The molecule has 0 unspecified atom stereocenters. The first-order valence-electron chi connectivity index (χ1n) is 7.82. The van der Waals surface area contributed by atoms with E-state index in [0.717, 1.165) is 11.3 Å². The lowest BCUT2D eigenvalue weighted by Crippen LogP contribution is -2.22. The van der Waals surface area contributed by atoms with E-state index >= 15 is 0 Å². The van der Waals surface area contributed by atoms with Crippen LogP contribution >= 0.6 is 22.9 Å². The molecule has 0 spiro atoms. The molecule has 0 bridgehead atoms. The summed E-state index contributed by atoms with van der Waals surface area (Å²) in [5.74, 6) is 0.323. The van der Waals surface area contributed by atoms with Crippen LogP contribution in [0.3, 0.4) is 0 Å². The zero-order valence-corrected chi connectivity index (χ0v) is 15.2. The highest BCUT2D eigenvalue weighted by Gasteiger charge is 2.21. The van der Waals surface area contributed by atoms with Crippen molar-refractivity contribution in [2.75, 3.05) is 0 Å². The van der Waals surface area contributed by atoms with Crippen LogP contribution in [0.15, 0.2) is 71.5 Å². The smallest absolute Gasteiger partial charge is 0.258 e. The first-order valence-corrected chi connectivity index (χ1v) is 9.02. The molecule has 0 radical (unpaired) electrons. The Morgan fingerprint density at radius 3 is 2.30 bits per heavy atom. The average molecular weight is 399 g/mol. The number of halogens is 1. The number of thiophene rings is 1. The molecule has 7 nitrogen and oxygen atoms in total. The van der Waals surface area contributed by atoms with Crippen molar-refractivity contribution in [3.8, 4) is 22.1 Å². The maximum absolute atomic E-state index is 13.1. The van der Waals surface area contributed by atoms with Crippen molar-refractivity contribution in [1.29, 1.82) is 0 Å². The Labute approximate surface area is 161 Å². The van der Waals surface area contributed by atoms with E-state index in [0.29, 0.717) is 27.1 Å². The number of aromatic nitrogens is 3. The molecule has 4 rings (SSSR count). The first-order chi connectivity index (χ1) is 13.0. The van der Waals surface area contributed by atoms with E-state index in [-0.39, 0.29) is 10.7 Å². The predicted octanol–water partition coefficient (Wildman–Crippen LogP) is 4.31. The summed E-state index contributed by atoms with van der Waals surface area (Å²) in [6.45, 7) is 0. The third kappa shape index (κ3) is 3.16. The van der Waals surface area contributed by atoms with Crippen molar-refractivity contribution in [1.82, 2.24) is 14.3 Å². The molecular formula is C18H11ClN4O3S. The zero-order chi connectivity index (χ0) is 19.0. The van der Waals surface area contributed by atoms with Crippen LogP contribution in [0.5, 0.6) is 0 Å². The summed E-state index contributed by atoms with van der Waals surface area (Å²) in [5.41, 5.74) is 0.787. The number of benzene rings is 2. The van der Waals surface area contributed by atoms with Gasteiger partial charge in [0.2, 0.25) is 0 Å². The van der Waals surface area contributed by atoms with Crippen molar-refractivity contribution in [2.45, 2.75) is 0 Å². The molecule has 0 saturated carbocycles. The SMILES string of the molecule is O=c1n(-c2ccccc2)nc(-c2ccc([N+](=O)[O-])s2)n1-c1ccc(Cl)cc1. The molecular weight excluding hydrogens is 388 g/mol. The fraction of sp³-hybridized carbons (Fsp3) is 0. The van der Waals surface area contributed by atoms with E-state index < -0.39 is 4.92 Å². The number of nitro groups is 1. The maximum Gasteiger partial charge on any atom is 0.355 e. The summed E-state index contributed by atoms with van der Waals surface area (Å²) >= 11 is 6.92. The minimum absolute atomic E-state index is 0.0191. The third-order valence-corrected chi connectivity index (χ3v) is 5.14. The summed E-state index contributed by atoms with van der Waals surface area (Å²) in [7, 11) is 0. The monoisotopic (exact) mass is 398 g/mol. The van der Waals surface area contributed by atoms with Crippen LogP contribution in [0.2, 0.25) is 5.02 Å². The van der Waals surface area contributed by atoms with E-state index in [9.17, 15) is 14.9 Å². The number of rotatable bonds is 4. The van der Waals surface area contributed by atoms with Gasteiger partial charge < -0.3 is 0 Å². The fourth-order valence-electron chi connectivity index (χ4n) is 2.63. The lowest BCUT2D eigenvalue weighted by Gasteiger charge is -2.04. The van der Waals surface area contributed by atoms with E-state index in [4.69, 9.17) is 11.6 Å². The van der Waals surface area contributed by atoms with Crippen molar-refractivity contribution in [3.05, 3.63) is 92.4 Å². The van der Waals surface area contributed by atoms with Gasteiger partial charge in [0, 0.05) is 11.1 Å². The van der Waals surface area contributed by atoms with Gasteiger partial charge in [-0.1, -0.05) is 41.1 Å². The number of hydrogen-bond acceptors (Lipinski definition) is 5. The van der Waals surface area contributed by atoms with Crippen LogP contribution in [-0.4, -0.2) is 19.3 Å². The zero-order valence-electron chi connectivity index (χ0n) is 13.7. The van der Waals surface area contributed by atoms with Gasteiger partial charge in [-0.2, -0.15) is 4.68 Å². The van der Waals surface area contributed by atoms with E-state index in [1.165, 1.54) is 15.3 Å². The largest absolute Gasteiger partial charge is 0.355 e. The van der Waals surface area contributed by atoms with Crippen LogP contribution in [0, 0.1) is 10.1 Å². The lowest BCUT2D eigenvalue weighted by molar-refractivity contribution is -0.380. The van der Waals surface area contributed by atoms with Gasteiger partial charge in [0.15, 0.2) is 5.82 Å². The van der Waals surface area contributed by atoms with Crippen LogP contribution in [0.1, 0.15) is 0 Å². The molecule has 2 aromatic carbocycles. The van der Waals surface area contributed by atoms with Crippen LogP contribution in [0.4, 0.5) is 5.00 Å². The maximum atomic E-state index is 13.1. The number of para-hydroxylation sites is 1. The molecule has 0 amide bonds. The molecule has 2 heterocycles. The second-order valence-corrected chi connectivity index (χ2v) is 7.06. The molecule has 0 saturated heterocycles. The summed E-state index contributed by atoms with van der Waals surface area (Å²) < 4.78 is 2.69. The van der Waals surface area contributed by atoms with Gasteiger partial charge >= 0.3 is 10.7 Å². The summed E-state index contributed by atoms with van der Waals surface area (Å²) in [6.07, 6.45) is 0. The summed E-state index contributed by atoms with van der Waals surface area (Å²) in [4.78, 5) is 24.2. The highest BCUT2D eigenvalue weighted by Crippen LogP contribution is 2.32. The molecule has 0 aliphatic rings. The molecule has 0 N–H and O–H groups in total. The Balaban J connectivity index is 1.97. The Hall–Kier alpha value is -3.23. The Kier molecular flexibility index (Phi) is 4.35. The topological polar surface area (TPSA) is 83.0 Å². The first kappa shape index (κ1) is 17.2. The second kappa shape index (κ2) is 6.82. The molecule has 0 aliphatic heterocycles. The quantitative estimate of drug-likeness (QED) is 0.378. The molecule has 4 aromatic rings. The van der Waals surface area contributed by atoms with E-state index in [1.54, 1.807) is 54.6 Å². The fourth-order valence-corrected chi connectivity index (χ4v) is 3.55. The van der Waals surface area contributed by atoms with Crippen molar-refractivity contribution in [3.63, 3.8) is 0 Å². The predicted molar refractivity (Wildman–Crippen MR) is 104 cm³/mol. The summed E-state index contributed by atoms with van der Waals surface area (Å²) in [5, 5.41) is 16.0. The average Bonchev–Trinajstić information content (AvgIpc) is 3.28. The van der Waals surface area contributed by atoms with Gasteiger partial charge in [0.05, 0.1) is 21.2 Å². The molecule has 2 aromatic heterocycles. The second-order valence-electron chi connectivity index (χ2n) is 5.56. The molecule has 0 aliphatic carbocycles. The van der Waals surface area contributed by atoms with Gasteiger partial charge in [0.1, 0.15) is 0 Å². The van der Waals surface area contributed by atoms with Crippen LogP contribution in [-0.2, 0) is 0 Å². The Morgan fingerprint density at radius 2 is 1.67 bits per heavy atom. The number of nitrogens with zero attached hydrogens (tertiary/aromatic N) is 4. The van der Waals surface area contributed by atoms with Gasteiger partial charge in [-0.3, -0.25) is 10.1 Å². The van der Waals surface area contributed by atoms with Crippen molar-refractivity contribution >= 4 is 27.9 Å². The minimum atomic E-state index is -0.465. The molecule has 0 atom stereocenters. The van der Waals surface area contributed by atoms with E-state index in [1.807, 2.05) is 6.07 Å². The molecule has 134 valence electrons. The van der Waals surface area contributed by atoms with Gasteiger partial charge in [-0.15, -0.1) is 5.10 Å². The van der Waals surface area contributed by atoms with Gasteiger partial charge in [-0.25, -0.2) is 9.36 Å². The third-order valence-electron chi connectivity index (χ3n) is 3.86. The molecule has 0 fully saturated rings. The van der Waals surface area contributed by atoms with Crippen molar-refractivity contribution < 1.29 is 4.92 Å². The highest BCUT2D eigenvalue weighted by atomic mass is 35.5. The normalized spacial score (nSPS) is 10.9.